The van der Waals surface area contributed by atoms with Crippen LogP contribution in [-0.2, 0) is 15.0 Å². The fraction of sp³-hybridized carbons (Fsp3) is 0.143. The highest BCUT2D eigenvalue weighted by molar-refractivity contribution is 5.88. The van der Waals surface area contributed by atoms with E-state index in [4.69, 9.17) is 9.47 Å². The summed E-state index contributed by atoms with van der Waals surface area (Å²) in [6.45, 7) is 0. The number of H-pyrrole nitrogens is 1. The molecule has 0 radical (unpaired) electrons. The van der Waals surface area contributed by atoms with Crippen LogP contribution in [0, 0.1) is 0 Å². The van der Waals surface area contributed by atoms with Gasteiger partial charge in [-0.25, -0.2) is 4.79 Å². The number of nitrogens with one attached hydrogen (secondary N) is 1. The minimum Gasteiger partial charge on any atom is -0.481 e. The molecule has 29 heavy (non-hydrogen) atoms. The van der Waals surface area contributed by atoms with Crippen LogP contribution < -0.4 is 15.0 Å². The Balaban J connectivity index is 2.21. The third kappa shape index (κ3) is 3.86. The summed E-state index contributed by atoms with van der Waals surface area (Å²) in [5.74, 6) is -1.46. The summed E-state index contributed by atoms with van der Waals surface area (Å²) in [6.07, 6.45) is -1.19. The van der Waals surface area contributed by atoms with Gasteiger partial charge in [0.05, 0.1) is 13.2 Å². The predicted molar refractivity (Wildman–Crippen MR) is 103 cm³/mol. The second-order valence-corrected chi connectivity index (χ2v) is 6.15. The average molecular weight is 394 g/mol. The Labute approximate surface area is 165 Å². The number of ether oxygens (including phenoxy) is 2. The minimum absolute atomic E-state index is 0.0518. The summed E-state index contributed by atoms with van der Waals surface area (Å²) in [5, 5.41) is 9.98. The number of aldehydes is 1. The molecule has 2 aromatic carbocycles. The molecule has 0 bridgehead atoms. The van der Waals surface area contributed by atoms with Gasteiger partial charge in [-0.2, -0.15) is 4.98 Å². The lowest BCUT2D eigenvalue weighted by molar-refractivity contribution is -0.150. The Hall–Kier alpha value is -3.94. The van der Waals surface area contributed by atoms with Crippen LogP contribution in [0.2, 0.25) is 0 Å². The maximum Gasteiger partial charge on any atom is 0.346 e. The van der Waals surface area contributed by atoms with Gasteiger partial charge in [-0.3, -0.25) is 9.78 Å². The highest BCUT2D eigenvalue weighted by Gasteiger charge is 2.49. The quantitative estimate of drug-likeness (QED) is 0.559. The first-order valence-corrected chi connectivity index (χ1v) is 8.63. The topological polar surface area (TPSA) is 119 Å². The largest absolute Gasteiger partial charge is 0.481 e. The minimum atomic E-state index is -1.72. The molecular weight excluding hydrogens is 376 g/mol. The Morgan fingerprint density at radius 2 is 1.66 bits per heavy atom. The molecule has 8 heteroatoms. The van der Waals surface area contributed by atoms with Crippen molar-refractivity contribution in [3.05, 3.63) is 88.2 Å². The van der Waals surface area contributed by atoms with Crippen LogP contribution in [0.15, 0.2) is 71.5 Å². The van der Waals surface area contributed by atoms with E-state index in [9.17, 15) is 19.5 Å². The first-order chi connectivity index (χ1) is 14.0. The van der Waals surface area contributed by atoms with Crippen molar-refractivity contribution < 1.29 is 24.2 Å². The number of carboxylic acids is 1. The van der Waals surface area contributed by atoms with E-state index >= 15 is 0 Å². The van der Waals surface area contributed by atoms with Crippen LogP contribution in [0.5, 0.6) is 11.9 Å². The Morgan fingerprint density at radius 1 is 1.10 bits per heavy atom. The summed E-state index contributed by atoms with van der Waals surface area (Å²) in [6, 6.07) is 17.6. The van der Waals surface area contributed by atoms with E-state index < -0.39 is 23.0 Å². The molecule has 0 amide bonds. The molecule has 0 aliphatic rings. The summed E-state index contributed by atoms with van der Waals surface area (Å²) in [5.41, 5.74) is -1.46. The summed E-state index contributed by atoms with van der Waals surface area (Å²) in [4.78, 5) is 42.8. The SMILES string of the molecule is COc1cc(=O)[nH]c(O[C@H](C(=O)O)C(C=O)(c2ccccc2)c2ccccc2)n1. The molecule has 148 valence electrons. The van der Waals surface area contributed by atoms with Gasteiger partial charge >= 0.3 is 12.0 Å². The van der Waals surface area contributed by atoms with Crippen molar-refractivity contribution >= 4 is 12.3 Å². The number of benzene rings is 2. The van der Waals surface area contributed by atoms with Gasteiger partial charge in [-0.05, 0) is 11.1 Å². The third-order valence-electron chi connectivity index (χ3n) is 4.46. The van der Waals surface area contributed by atoms with Crippen molar-refractivity contribution in [3.8, 4) is 11.9 Å². The number of aromatic nitrogens is 2. The Bertz CT molecular complexity index is 1010. The summed E-state index contributed by atoms with van der Waals surface area (Å²) >= 11 is 0. The summed E-state index contributed by atoms with van der Waals surface area (Å²) in [7, 11) is 1.31. The zero-order valence-corrected chi connectivity index (χ0v) is 15.4. The zero-order chi connectivity index (χ0) is 20.9. The van der Waals surface area contributed by atoms with E-state index in [1.165, 1.54) is 7.11 Å². The molecule has 2 N–H and O–H groups in total. The molecule has 3 aromatic rings. The van der Waals surface area contributed by atoms with Crippen LogP contribution >= 0.6 is 0 Å². The predicted octanol–water partition coefficient (Wildman–Crippen LogP) is 1.80. The second kappa shape index (κ2) is 8.39. The van der Waals surface area contributed by atoms with Crippen LogP contribution in [0.25, 0.3) is 0 Å². The number of carboxylic acid groups (broad SMARTS) is 1. The smallest absolute Gasteiger partial charge is 0.346 e. The normalized spacial score (nSPS) is 12.0. The fourth-order valence-corrected chi connectivity index (χ4v) is 3.12. The molecule has 0 aliphatic heterocycles. The molecule has 0 aliphatic carbocycles. The second-order valence-electron chi connectivity index (χ2n) is 6.15. The number of aromatic amines is 1. The van der Waals surface area contributed by atoms with E-state index in [1.54, 1.807) is 60.7 Å². The van der Waals surface area contributed by atoms with Crippen LogP contribution in [0.3, 0.4) is 0 Å². The molecule has 8 nitrogen and oxygen atoms in total. The average Bonchev–Trinajstić information content (AvgIpc) is 2.75. The van der Waals surface area contributed by atoms with Gasteiger partial charge in [0.15, 0.2) is 0 Å². The monoisotopic (exact) mass is 394 g/mol. The van der Waals surface area contributed by atoms with Crippen molar-refractivity contribution in [3.63, 3.8) is 0 Å². The Kier molecular flexibility index (Phi) is 5.73. The van der Waals surface area contributed by atoms with E-state index in [0.717, 1.165) is 6.07 Å². The first-order valence-electron chi connectivity index (χ1n) is 8.63. The molecule has 0 saturated carbocycles. The lowest BCUT2D eigenvalue weighted by Crippen LogP contribution is -2.50. The van der Waals surface area contributed by atoms with E-state index in [2.05, 4.69) is 9.97 Å². The fourth-order valence-electron chi connectivity index (χ4n) is 3.12. The number of carbonyl (C=O) groups excluding carboxylic acids is 1. The maximum absolute atomic E-state index is 12.5. The molecule has 1 atom stereocenters. The van der Waals surface area contributed by atoms with Gasteiger partial charge in [0.25, 0.3) is 5.56 Å². The molecule has 0 spiro atoms. The van der Waals surface area contributed by atoms with E-state index in [-0.39, 0.29) is 11.9 Å². The van der Waals surface area contributed by atoms with Crippen LogP contribution in [-0.4, -0.2) is 40.5 Å². The molecule has 1 heterocycles. The van der Waals surface area contributed by atoms with Gasteiger partial charge < -0.3 is 19.4 Å². The number of carbonyl (C=O) groups is 2. The van der Waals surface area contributed by atoms with Crippen LogP contribution in [0.1, 0.15) is 11.1 Å². The molecule has 1 aromatic heterocycles. The number of hydrogen-bond acceptors (Lipinski definition) is 6. The maximum atomic E-state index is 12.5. The number of nitrogens with zero attached hydrogens (tertiary/aromatic N) is 1. The zero-order valence-electron chi connectivity index (χ0n) is 15.4. The van der Waals surface area contributed by atoms with E-state index in [0.29, 0.717) is 17.4 Å². The molecular formula is C21H18N2O6. The van der Waals surface area contributed by atoms with Gasteiger partial charge in [-0.15, -0.1) is 0 Å². The lowest BCUT2D eigenvalue weighted by atomic mass is 9.71. The van der Waals surface area contributed by atoms with Crippen molar-refractivity contribution in [2.75, 3.05) is 7.11 Å². The van der Waals surface area contributed by atoms with Gasteiger partial charge in [-0.1, -0.05) is 60.7 Å². The van der Waals surface area contributed by atoms with E-state index in [1.807, 2.05) is 0 Å². The van der Waals surface area contributed by atoms with Gasteiger partial charge in [0.2, 0.25) is 12.0 Å². The number of aliphatic carboxylic acids is 1. The molecule has 0 saturated heterocycles. The molecule has 3 rings (SSSR count). The number of rotatable bonds is 8. The number of methoxy groups -OCH3 is 1. The van der Waals surface area contributed by atoms with Gasteiger partial charge in [0, 0.05) is 0 Å². The van der Waals surface area contributed by atoms with Crippen molar-refractivity contribution in [1.82, 2.24) is 9.97 Å². The Morgan fingerprint density at radius 3 is 2.10 bits per heavy atom. The van der Waals surface area contributed by atoms with Crippen molar-refractivity contribution in [2.45, 2.75) is 11.5 Å². The standard InChI is InChI=1S/C21H18N2O6/c1-28-17-12-16(25)22-20(23-17)29-18(19(26)27)21(13-24,14-8-4-2-5-9-14)15-10-6-3-7-11-15/h2-13,18H,1H3,(H,26,27)(H,22,23,25)/t18-/m1/s1. The first kappa shape index (κ1) is 19.8. The lowest BCUT2D eigenvalue weighted by Gasteiger charge is -2.34. The highest BCUT2D eigenvalue weighted by atomic mass is 16.5. The van der Waals surface area contributed by atoms with Gasteiger partial charge in [0.1, 0.15) is 11.7 Å². The third-order valence-corrected chi connectivity index (χ3v) is 4.46. The molecule has 0 fully saturated rings. The molecule has 0 unspecified atom stereocenters. The highest BCUT2D eigenvalue weighted by Crippen LogP contribution is 2.36. The van der Waals surface area contributed by atoms with Crippen LogP contribution in [0.4, 0.5) is 0 Å². The summed E-state index contributed by atoms with van der Waals surface area (Å²) < 4.78 is 10.5. The number of hydrogen-bond donors (Lipinski definition) is 2. The van der Waals surface area contributed by atoms with Crippen molar-refractivity contribution in [2.24, 2.45) is 0 Å². The van der Waals surface area contributed by atoms with Crippen molar-refractivity contribution in [1.29, 1.82) is 0 Å².